The molecule has 2 saturated heterocycles. The molecule has 7 heteroatoms. The van der Waals surface area contributed by atoms with Gasteiger partial charge >= 0.3 is 11.9 Å². The molecule has 0 saturated carbocycles. The van der Waals surface area contributed by atoms with E-state index in [1.165, 1.54) is 22.6 Å². The van der Waals surface area contributed by atoms with E-state index in [1.54, 1.807) is 14.1 Å². The Bertz CT molecular complexity index is 631. The lowest BCUT2D eigenvalue weighted by Gasteiger charge is -2.31. The quantitative estimate of drug-likeness (QED) is 0.715. The van der Waals surface area contributed by atoms with Crippen molar-refractivity contribution in [2.24, 2.45) is 16.8 Å². The van der Waals surface area contributed by atoms with E-state index in [9.17, 15) is 9.59 Å². The SMILES string of the molecule is CC(C)C[N+]1=C(CN2CCC(C)CC2)N=C2C1C(=O)N(C)C(=O)N2C. The van der Waals surface area contributed by atoms with Crippen LogP contribution in [-0.2, 0) is 4.79 Å². The van der Waals surface area contributed by atoms with Gasteiger partial charge in [-0.1, -0.05) is 20.8 Å². The van der Waals surface area contributed by atoms with Crippen LogP contribution in [0.4, 0.5) is 4.79 Å². The van der Waals surface area contributed by atoms with Gasteiger partial charge in [0.1, 0.15) is 6.54 Å². The molecule has 7 nitrogen and oxygen atoms in total. The number of imide groups is 1. The summed E-state index contributed by atoms with van der Waals surface area (Å²) < 4.78 is 2.11. The molecule has 0 aromatic carbocycles. The van der Waals surface area contributed by atoms with Crippen LogP contribution in [0.3, 0.4) is 0 Å². The maximum atomic E-state index is 12.8. The Morgan fingerprint density at radius 1 is 1.16 bits per heavy atom. The van der Waals surface area contributed by atoms with Crippen molar-refractivity contribution in [2.75, 3.05) is 40.3 Å². The zero-order chi connectivity index (χ0) is 18.3. The number of amidine groups is 2. The van der Waals surface area contributed by atoms with Crippen LogP contribution in [0.1, 0.15) is 33.6 Å². The highest BCUT2D eigenvalue weighted by atomic mass is 16.2. The second-order valence-corrected chi connectivity index (χ2v) is 8.03. The third kappa shape index (κ3) is 3.34. The second-order valence-electron chi connectivity index (χ2n) is 8.03. The molecular weight excluding hydrogens is 318 g/mol. The number of carbonyl (C=O) groups excluding carboxylic acids is 2. The summed E-state index contributed by atoms with van der Waals surface area (Å²) in [6.07, 6.45) is 2.41. The lowest BCUT2D eigenvalue weighted by atomic mass is 9.99. The van der Waals surface area contributed by atoms with E-state index in [1.807, 2.05) is 0 Å². The molecule has 2 fully saturated rings. The minimum atomic E-state index is -0.464. The van der Waals surface area contributed by atoms with Crippen molar-refractivity contribution in [3.8, 4) is 0 Å². The van der Waals surface area contributed by atoms with Crippen LogP contribution in [0, 0.1) is 11.8 Å². The summed E-state index contributed by atoms with van der Waals surface area (Å²) in [4.78, 5) is 34.9. The van der Waals surface area contributed by atoms with Gasteiger partial charge in [-0.05, 0) is 42.8 Å². The van der Waals surface area contributed by atoms with Gasteiger partial charge in [-0.2, -0.15) is 0 Å². The summed E-state index contributed by atoms with van der Waals surface area (Å²) in [5, 5.41) is 0. The summed E-state index contributed by atoms with van der Waals surface area (Å²) in [7, 11) is 3.26. The summed E-state index contributed by atoms with van der Waals surface area (Å²) in [6.45, 7) is 10.2. The molecular formula is C18H30N5O2+. The van der Waals surface area contributed by atoms with Gasteiger partial charge in [-0.3, -0.25) is 19.5 Å². The lowest BCUT2D eigenvalue weighted by molar-refractivity contribution is -0.542. The topological polar surface area (TPSA) is 59.2 Å². The molecule has 1 atom stereocenters. The third-order valence-electron chi connectivity index (χ3n) is 5.42. The van der Waals surface area contributed by atoms with E-state index >= 15 is 0 Å². The lowest BCUT2D eigenvalue weighted by Crippen LogP contribution is -2.61. The molecule has 3 amide bonds. The fourth-order valence-corrected chi connectivity index (χ4v) is 3.80. The van der Waals surface area contributed by atoms with Crippen LogP contribution in [0.15, 0.2) is 4.99 Å². The van der Waals surface area contributed by atoms with Gasteiger partial charge in [0.05, 0.1) is 6.54 Å². The highest BCUT2D eigenvalue weighted by Crippen LogP contribution is 2.21. The Labute approximate surface area is 150 Å². The Morgan fingerprint density at radius 2 is 1.80 bits per heavy atom. The zero-order valence-electron chi connectivity index (χ0n) is 16.0. The highest BCUT2D eigenvalue weighted by molar-refractivity contribution is 6.23. The number of likely N-dealkylation sites (N-methyl/N-ethyl adjacent to an activating group) is 2. The number of fused-ring (bicyclic) bond motifs is 1. The molecule has 3 aliphatic rings. The van der Waals surface area contributed by atoms with Gasteiger partial charge in [0, 0.05) is 14.1 Å². The fourth-order valence-electron chi connectivity index (χ4n) is 3.80. The van der Waals surface area contributed by atoms with Crippen molar-refractivity contribution < 1.29 is 14.2 Å². The molecule has 0 bridgehead atoms. The van der Waals surface area contributed by atoms with Gasteiger partial charge < -0.3 is 0 Å². The van der Waals surface area contributed by atoms with E-state index in [-0.39, 0.29) is 11.9 Å². The number of carbonyl (C=O) groups is 2. The number of piperidine rings is 1. The monoisotopic (exact) mass is 348 g/mol. The normalized spacial score (nSPS) is 26.0. The van der Waals surface area contributed by atoms with Crippen LogP contribution >= 0.6 is 0 Å². The molecule has 3 heterocycles. The number of rotatable bonds is 4. The first-order valence-corrected chi connectivity index (χ1v) is 9.28. The number of amides is 3. The minimum absolute atomic E-state index is 0.176. The number of aliphatic imine (C=N–C) groups is 1. The molecule has 0 aliphatic carbocycles. The van der Waals surface area contributed by atoms with Gasteiger partial charge in [-0.15, -0.1) is 0 Å². The number of hydrogen-bond acceptors (Lipinski definition) is 4. The molecule has 1 unspecified atom stereocenters. The summed E-state index contributed by atoms with van der Waals surface area (Å²) in [5.74, 6) is 2.52. The van der Waals surface area contributed by atoms with E-state index in [4.69, 9.17) is 4.99 Å². The highest BCUT2D eigenvalue weighted by Gasteiger charge is 2.53. The van der Waals surface area contributed by atoms with Gasteiger partial charge in [0.15, 0.2) is 0 Å². The first-order valence-electron chi connectivity index (χ1n) is 9.28. The zero-order valence-corrected chi connectivity index (χ0v) is 16.0. The first-order chi connectivity index (χ1) is 11.8. The third-order valence-corrected chi connectivity index (χ3v) is 5.42. The number of urea groups is 1. The van der Waals surface area contributed by atoms with Crippen LogP contribution in [-0.4, -0.2) is 89.2 Å². The Hall–Kier alpha value is -1.76. The van der Waals surface area contributed by atoms with Crippen LogP contribution in [0.5, 0.6) is 0 Å². The van der Waals surface area contributed by atoms with Crippen LogP contribution < -0.4 is 0 Å². The summed E-state index contributed by atoms with van der Waals surface area (Å²) in [6, 6.07) is -0.772. The van der Waals surface area contributed by atoms with Crippen molar-refractivity contribution >= 4 is 23.6 Å². The predicted molar refractivity (Wildman–Crippen MR) is 97.0 cm³/mol. The van der Waals surface area contributed by atoms with E-state index < -0.39 is 6.04 Å². The molecule has 0 aromatic heterocycles. The molecule has 3 aliphatic heterocycles. The van der Waals surface area contributed by atoms with Crippen molar-refractivity contribution in [2.45, 2.75) is 39.7 Å². The minimum Gasteiger partial charge on any atom is -0.292 e. The van der Waals surface area contributed by atoms with Gasteiger partial charge in [0.25, 0.3) is 17.8 Å². The number of hydrogen-bond donors (Lipinski definition) is 0. The smallest absolute Gasteiger partial charge is 0.292 e. The van der Waals surface area contributed by atoms with E-state index in [0.29, 0.717) is 11.8 Å². The standard InChI is InChI=1S/C18H30N5O2/c1-12(2)10-23-14(11-22-8-6-13(3)7-9-22)19-16-15(23)17(24)21(5)18(25)20(16)4/h12-13,15H,6-11H2,1-5H3/q+1. The first kappa shape index (κ1) is 18.0. The van der Waals surface area contributed by atoms with Gasteiger partial charge in [0.2, 0.25) is 0 Å². The average Bonchev–Trinajstić information content (AvgIpc) is 2.91. The Kier molecular flexibility index (Phi) is 4.95. The van der Waals surface area contributed by atoms with E-state index in [2.05, 4.69) is 30.2 Å². The Morgan fingerprint density at radius 3 is 2.40 bits per heavy atom. The molecule has 138 valence electrons. The second kappa shape index (κ2) is 6.86. The molecule has 0 radical (unpaired) electrons. The van der Waals surface area contributed by atoms with Crippen molar-refractivity contribution in [1.29, 1.82) is 0 Å². The maximum absolute atomic E-state index is 12.8. The molecule has 3 rings (SSSR count). The van der Waals surface area contributed by atoms with Crippen molar-refractivity contribution in [3.05, 3.63) is 0 Å². The Balaban J connectivity index is 1.89. The average molecular weight is 348 g/mol. The molecule has 0 spiro atoms. The maximum Gasteiger partial charge on any atom is 0.333 e. The van der Waals surface area contributed by atoms with Crippen molar-refractivity contribution in [3.63, 3.8) is 0 Å². The largest absolute Gasteiger partial charge is 0.333 e. The molecule has 25 heavy (non-hydrogen) atoms. The van der Waals surface area contributed by atoms with E-state index in [0.717, 1.165) is 37.9 Å². The van der Waals surface area contributed by atoms with Crippen LogP contribution in [0.25, 0.3) is 0 Å². The molecule has 0 N–H and O–H groups in total. The fraction of sp³-hybridized carbons (Fsp3) is 0.778. The number of nitrogens with zero attached hydrogens (tertiary/aromatic N) is 5. The van der Waals surface area contributed by atoms with Crippen molar-refractivity contribution in [1.82, 2.24) is 14.7 Å². The van der Waals surface area contributed by atoms with Crippen LogP contribution in [0.2, 0.25) is 0 Å². The molecule has 0 aromatic rings. The summed E-state index contributed by atoms with van der Waals surface area (Å²) in [5.41, 5.74) is 0. The predicted octanol–water partition coefficient (Wildman–Crippen LogP) is 1.09. The summed E-state index contributed by atoms with van der Waals surface area (Å²) >= 11 is 0. The number of likely N-dealkylation sites (tertiary alicyclic amines) is 1. The van der Waals surface area contributed by atoms with Gasteiger partial charge in [-0.25, -0.2) is 9.37 Å².